The molecule has 1 aromatic carbocycles. The maximum Gasteiger partial charge on any atom is 0.264 e. The topological polar surface area (TPSA) is 93.0 Å². The highest BCUT2D eigenvalue weighted by Crippen LogP contribution is 2.12. The summed E-state index contributed by atoms with van der Waals surface area (Å²) in [6.07, 6.45) is 3.17. The molecule has 88 valence electrons. The third-order valence-electron chi connectivity index (χ3n) is 2.01. The first kappa shape index (κ1) is 11.0. The Bertz CT molecular complexity index is 479. The summed E-state index contributed by atoms with van der Waals surface area (Å²) in [5.74, 6) is 0.710. The van der Waals surface area contributed by atoms with E-state index in [1.54, 1.807) is 36.7 Å². The standard InChI is InChI=1S/C11H12N4O2/c12-8-1-3-9(4-2-8)17-7-10(16)15-11-13-5-6-14-11/h1-6H,7,12H2,(H2,13,14,15,16). The highest BCUT2D eigenvalue weighted by Gasteiger charge is 2.04. The summed E-state index contributed by atoms with van der Waals surface area (Å²) in [4.78, 5) is 18.1. The number of benzene rings is 1. The van der Waals surface area contributed by atoms with Crippen LogP contribution in [0.4, 0.5) is 11.6 Å². The molecule has 1 heterocycles. The summed E-state index contributed by atoms with van der Waals surface area (Å²) < 4.78 is 5.26. The molecule has 4 N–H and O–H groups in total. The van der Waals surface area contributed by atoms with Crippen molar-refractivity contribution in [2.75, 3.05) is 17.7 Å². The lowest BCUT2D eigenvalue weighted by atomic mass is 10.3. The van der Waals surface area contributed by atoms with Crippen molar-refractivity contribution in [2.45, 2.75) is 0 Å². The van der Waals surface area contributed by atoms with Crippen molar-refractivity contribution >= 4 is 17.5 Å². The van der Waals surface area contributed by atoms with Crippen LogP contribution in [0.2, 0.25) is 0 Å². The fraction of sp³-hybridized carbons (Fsp3) is 0.0909. The zero-order valence-electron chi connectivity index (χ0n) is 9.01. The smallest absolute Gasteiger partial charge is 0.264 e. The first-order valence-electron chi connectivity index (χ1n) is 5.01. The van der Waals surface area contributed by atoms with Gasteiger partial charge in [-0.15, -0.1) is 0 Å². The number of nitrogens with zero attached hydrogens (tertiary/aromatic N) is 1. The van der Waals surface area contributed by atoms with Crippen LogP contribution in [0.15, 0.2) is 36.7 Å². The van der Waals surface area contributed by atoms with E-state index in [9.17, 15) is 4.79 Å². The highest BCUT2D eigenvalue weighted by atomic mass is 16.5. The van der Waals surface area contributed by atoms with Gasteiger partial charge in [-0.3, -0.25) is 10.1 Å². The second-order valence-corrected chi connectivity index (χ2v) is 3.34. The number of carbonyl (C=O) groups excluding carboxylic acids is 1. The van der Waals surface area contributed by atoms with E-state index in [0.29, 0.717) is 17.4 Å². The minimum absolute atomic E-state index is 0.0788. The van der Waals surface area contributed by atoms with Gasteiger partial charge in [0.05, 0.1) is 0 Å². The number of aromatic nitrogens is 2. The van der Waals surface area contributed by atoms with Gasteiger partial charge in [0.1, 0.15) is 5.75 Å². The predicted octanol–water partition coefficient (Wildman–Crippen LogP) is 1.01. The summed E-state index contributed by atoms with van der Waals surface area (Å²) >= 11 is 0. The number of nitrogens with two attached hydrogens (primary N) is 1. The summed E-state index contributed by atoms with van der Waals surface area (Å²) in [5, 5.41) is 2.55. The molecule has 0 saturated carbocycles. The number of aromatic amines is 1. The second-order valence-electron chi connectivity index (χ2n) is 3.34. The molecule has 1 aromatic heterocycles. The van der Waals surface area contributed by atoms with E-state index in [1.807, 2.05) is 0 Å². The van der Waals surface area contributed by atoms with Gasteiger partial charge in [0, 0.05) is 18.1 Å². The molecular weight excluding hydrogens is 220 g/mol. The maximum absolute atomic E-state index is 11.4. The quantitative estimate of drug-likeness (QED) is 0.686. The SMILES string of the molecule is Nc1ccc(OCC(=O)Nc2ncc[nH]2)cc1. The Hall–Kier alpha value is -2.50. The fourth-order valence-electron chi connectivity index (χ4n) is 1.21. The van der Waals surface area contributed by atoms with Gasteiger partial charge in [-0.2, -0.15) is 0 Å². The van der Waals surface area contributed by atoms with Crippen molar-refractivity contribution in [3.05, 3.63) is 36.7 Å². The fourth-order valence-corrected chi connectivity index (χ4v) is 1.21. The molecule has 0 aliphatic heterocycles. The van der Waals surface area contributed by atoms with Crippen molar-refractivity contribution in [3.63, 3.8) is 0 Å². The number of H-pyrrole nitrogens is 1. The molecule has 0 bridgehead atoms. The van der Waals surface area contributed by atoms with Gasteiger partial charge in [0.2, 0.25) is 5.95 Å². The van der Waals surface area contributed by atoms with Gasteiger partial charge < -0.3 is 15.5 Å². The van der Waals surface area contributed by atoms with E-state index in [0.717, 1.165) is 0 Å². The van der Waals surface area contributed by atoms with E-state index in [1.165, 1.54) is 0 Å². The minimum Gasteiger partial charge on any atom is -0.484 e. The third kappa shape index (κ3) is 3.23. The van der Waals surface area contributed by atoms with Crippen molar-refractivity contribution in [1.82, 2.24) is 9.97 Å². The first-order chi connectivity index (χ1) is 8.24. The van der Waals surface area contributed by atoms with Gasteiger partial charge in [0.25, 0.3) is 5.91 Å². The van der Waals surface area contributed by atoms with Crippen LogP contribution in [-0.2, 0) is 4.79 Å². The molecule has 0 fully saturated rings. The Morgan fingerprint density at radius 1 is 1.41 bits per heavy atom. The monoisotopic (exact) mass is 232 g/mol. The van der Waals surface area contributed by atoms with Gasteiger partial charge in [-0.25, -0.2) is 4.98 Å². The number of nitrogens with one attached hydrogen (secondary N) is 2. The van der Waals surface area contributed by atoms with Crippen LogP contribution < -0.4 is 15.8 Å². The number of imidazole rings is 1. The maximum atomic E-state index is 11.4. The molecule has 0 aliphatic rings. The summed E-state index contributed by atoms with van der Waals surface area (Å²) in [6.45, 7) is -0.0788. The van der Waals surface area contributed by atoms with Crippen LogP contribution in [0.1, 0.15) is 0 Å². The van der Waals surface area contributed by atoms with Crippen molar-refractivity contribution < 1.29 is 9.53 Å². The Morgan fingerprint density at radius 2 is 2.18 bits per heavy atom. The molecule has 0 saturated heterocycles. The van der Waals surface area contributed by atoms with Crippen LogP contribution in [0.25, 0.3) is 0 Å². The van der Waals surface area contributed by atoms with Gasteiger partial charge in [0.15, 0.2) is 6.61 Å². The molecule has 6 heteroatoms. The molecule has 6 nitrogen and oxygen atoms in total. The number of amides is 1. The zero-order chi connectivity index (χ0) is 12.1. The first-order valence-corrected chi connectivity index (χ1v) is 5.01. The lowest BCUT2D eigenvalue weighted by molar-refractivity contribution is -0.118. The molecular formula is C11H12N4O2. The lowest BCUT2D eigenvalue weighted by Crippen LogP contribution is -2.20. The molecule has 0 spiro atoms. The van der Waals surface area contributed by atoms with Crippen LogP contribution in [-0.4, -0.2) is 22.5 Å². The normalized spacial score (nSPS) is 9.88. The van der Waals surface area contributed by atoms with E-state index in [2.05, 4.69) is 15.3 Å². The Kier molecular flexibility index (Phi) is 3.25. The average molecular weight is 232 g/mol. The molecule has 0 radical (unpaired) electrons. The van der Waals surface area contributed by atoms with Crippen LogP contribution >= 0.6 is 0 Å². The van der Waals surface area contributed by atoms with Gasteiger partial charge >= 0.3 is 0 Å². The van der Waals surface area contributed by atoms with Gasteiger partial charge in [-0.05, 0) is 24.3 Å². The number of ether oxygens (including phenoxy) is 1. The van der Waals surface area contributed by atoms with E-state index in [-0.39, 0.29) is 12.5 Å². The van der Waals surface area contributed by atoms with Crippen LogP contribution in [0.3, 0.4) is 0 Å². The minimum atomic E-state index is -0.281. The molecule has 0 aliphatic carbocycles. The molecule has 1 amide bonds. The molecule has 17 heavy (non-hydrogen) atoms. The number of rotatable bonds is 4. The van der Waals surface area contributed by atoms with Crippen LogP contribution in [0.5, 0.6) is 5.75 Å². The highest BCUT2D eigenvalue weighted by molar-refractivity contribution is 5.90. The number of anilines is 2. The summed E-state index contributed by atoms with van der Waals surface area (Å²) in [7, 11) is 0. The number of carbonyl (C=O) groups is 1. The zero-order valence-corrected chi connectivity index (χ0v) is 9.01. The third-order valence-corrected chi connectivity index (χ3v) is 2.01. The van der Waals surface area contributed by atoms with E-state index in [4.69, 9.17) is 10.5 Å². The van der Waals surface area contributed by atoms with E-state index < -0.39 is 0 Å². The van der Waals surface area contributed by atoms with Crippen LogP contribution in [0, 0.1) is 0 Å². The Balaban J connectivity index is 1.82. The summed E-state index contributed by atoms with van der Waals surface area (Å²) in [5.41, 5.74) is 6.18. The molecule has 2 aromatic rings. The number of hydrogen-bond donors (Lipinski definition) is 3. The molecule has 2 rings (SSSR count). The number of hydrogen-bond acceptors (Lipinski definition) is 4. The van der Waals surface area contributed by atoms with E-state index >= 15 is 0 Å². The Labute approximate surface area is 97.8 Å². The second kappa shape index (κ2) is 5.02. The molecule has 0 unspecified atom stereocenters. The Morgan fingerprint density at radius 3 is 2.82 bits per heavy atom. The summed E-state index contributed by atoms with van der Waals surface area (Å²) in [6, 6.07) is 6.82. The largest absolute Gasteiger partial charge is 0.484 e. The van der Waals surface area contributed by atoms with Crippen molar-refractivity contribution in [1.29, 1.82) is 0 Å². The molecule has 0 atom stereocenters. The van der Waals surface area contributed by atoms with Gasteiger partial charge in [-0.1, -0.05) is 0 Å². The van der Waals surface area contributed by atoms with Crippen molar-refractivity contribution in [2.24, 2.45) is 0 Å². The predicted molar refractivity (Wildman–Crippen MR) is 63.6 cm³/mol. The number of nitrogen functional groups attached to an aromatic ring is 1. The van der Waals surface area contributed by atoms with Crippen molar-refractivity contribution in [3.8, 4) is 5.75 Å². The lowest BCUT2D eigenvalue weighted by Gasteiger charge is -2.05. The average Bonchev–Trinajstić information content (AvgIpc) is 2.81.